The zero-order valence-corrected chi connectivity index (χ0v) is 47.9. The Labute approximate surface area is 451 Å². The molecule has 6 nitrogen and oxygen atoms in total. The monoisotopic (exact) mass is 1010 g/mol. The lowest BCUT2D eigenvalue weighted by atomic mass is 10.1. The molecular formula is C67H114O6. The van der Waals surface area contributed by atoms with E-state index in [1.165, 1.54) is 161 Å². The fourth-order valence-corrected chi connectivity index (χ4v) is 8.44. The molecule has 0 aromatic carbocycles. The summed E-state index contributed by atoms with van der Waals surface area (Å²) in [4.78, 5) is 38.3. The van der Waals surface area contributed by atoms with E-state index in [1.54, 1.807) is 0 Å². The first-order valence-electron chi connectivity index (χ1n) is 30.7. The second-order valence-electron chi connectivity index (χ2n) is 20.2. The molecule has 0 N–H and O–H groups in total. The zero-order chi connectivity index (χ0) is 52.9. The number of rotatable bonds is 55. The summed E-state index contributed by atoms with van der Waals surface area (Å²) in [5, 5.41) is 0. The van der Waals surface area contributed by atoms with Crippen LogP contribution in [0.1, 0.15) is 290 Å². The topological polar surface area (TPSA) is 78.9 Å². The number of ether oxygens (including phenoxy) is 3. The van der Waals surface area contributed by atoms with Gasteiger partial charge in [-0.3, -0.25) is 14.4 Å². The Morgan fingerprint density at radius 2 is 0.548 bits per heavy atom. The van der Waals surface area contributed by atoms with Crippen LogP contribution in [0.25, 0.3) is 0 Å². The Kier molecular flexibility index (Phi) is 57.8. The van der Waals surface area contributed by atoms with Crippen molar-refractivity contribution in [3.8, 4) is 0 Å². The molecule has 73 heavy (non-hydrogen) atoms. The summed E-state index contributed by atoms with van der Waals surface area (Å²) < 4.78 is 16.9. The predicted molar refractivity (Wildman–Crippen MR) is 316 cm³/mol. The Bertz CT molecular complexity index is 1440. The van der Waals surface area contributed by atoms with Crippen molar-refractivity contribution < 1.29 is 28.6 Å². The third-order valence-electron chi connectivity index (χ3n) is 13.0. The number of hydrogen-bond donors (Lipinski definition) is 0. The fourth-order valence-electron chi connectivity index (χ4n) is 8.44. The minimum absolute atomic E-state index is 0.0990. The molecule has 0 radical (unpaired) electrons. The van der Waals surface area contributed by atoms with Crippen LogP contribution in [0.3, 0.4) is 0 Å². The highest BCUT2D eigenvalue weighted by Gasteiger charge is 2.19. The summed E-state index contributed by atoms with van der Waals surface area (Å²) in [6, 6.07) is 0. The third kappa shape index (κ3) is 59.1. The summed E-state index contributed by atoms with van der Waals surface area (Å²) >= 11 is 0. The first kappa shape index (κ1) is 69.3. The number of carbonyl (C=O) groups is 3. The maximum Gasteiger partial charge on any atom is 0.306 e. The summed E-state index contributed by atoms with van der Waals surface area (Å²) in [5.74, 6) is -0.959. The lowest BCUT2D eigenvalue weighted by Crippen LogP contribution is -2.30. The molecule has 0 saturated heterocycles. The van der Waals surface area contributed by atoms with Crippen LogP contribution in [-0.4, -0.2) is 37.2 Å². The van der Waals surface area contributed by atoms with E-state index in [4.69, 9.17) is 14.2 Å². The number of unbranched alkanes of at least 4 members (excludes halogenated alkanes) is 28. The lowest BCUT2D eigenvalue weighted by molar-refractivity contribution is -0.167. The van der Waals surface area contributed by atoms with Gasteiger partial charge in [-0.1, -0.05) is 253 Å². The van der Waals surface area contributed by atoms with Gasteiger partial charge in [-0.25, -0.2) is 0 Å². The summed E-state index contributed by atoms with van der Waals surface area (Å²) in [7, 11) is 0. The van der Waals surface area contributed by atoms with Gasteiger partial charge in [-0.2, -0.15) is 0 Å². The van der Waals surface area contributed by atoms with Crippen LogP contribution in [0.15, 0.2) is 97.2 Å². The summed E-state index contributed by atoms with van der Waals surface area (Å²) in [6.07, 6.45) is 81.2. The molecule has 1 atom stereocenters. The molecule has 1 unspecified atom stereocenters. The van der Waals surface area contributed by atoms with Gasteiger partial charge in [0.25, 0.3) is 0 Å². The van der Waals surface area contributed by atoms with Crippen LogP contribution in [0.2, 0.25) is 0 Å². The minimum Gasteiger partial charge on any atom is -0.462 e. The first-order valence-corrected chi connectivity index (χ1v) is 30.7. The van der Waals surface area contributed by atoms with Crippen molar-refractivity contribution in [1.29, 1.82) is 0 Å². The maximum absolute atomic E-state index is 12.9. The molecule has 0 saturated carbocycles. The highest BCUT2D eigenvalue weighted by atomic mass is 16.6. The van der Waals surface area contributed by atoms with Crippen LogP contribution in [-0.2, 0) is 28.6 Å². The average molecular weight is 1020 g/mol. The van der Waals surface area contributed by atoms with E-state index in [-0.39, 0.29) is 37.5 Å². The molecule has 0 aliphatic rings. The van der Waals surface area contributed by atoms with Gasteiger partial charge in [0.1, 0.15) is 13.2 Å². The second kappa shape index (κ2) is 60.9. The van der Waals surface area contributed by atoms with Gasteiger partial charge in [0.15, 0.2) is 6.10 Å². The molecule has 0 aromatic heterocycles. The van der Waals surface area contributed by atoms with Crippen LogP contribution < -0.4 is 0 Å². The molecule has 0 aliphatic carbocycles. The van der Waals surface area contributed by atoms with E-state index in [9.17, 15) is 14.4 Å². The molecular weight excluding hydrogens is 901 g/mol. The smallest absolute Gasteiger partial charge is 0.306 e. The van der Waals surface area contributed by atoms with Crippen LogP contribution in [0, 0.1) is 0 Å². The fraction of sp³-hybridized carbons (Fsp3) is 0.716. The molecule has 0 fully saturated rings. The Morgan fingerprint density at radius 1 is 0.288 bits per heavy atom. The third-order valence-corrected chi connectivity index (χ3v) is 13.0. The van der Waals surface area contributed by atoms with Crippen molar-refractivity contribution in [3.63, 3.8) is 0 Å². The number of allylic oxidation sites excluding steroid dienone is 16. The largest absolute Gasteiger partial charge is 0.462 e. The molecule has 0 rings (SSSR count). The van der Waals surface area contributed by atoms with Gasteiger partial charge in [0.2, 0.25) is 0 Å². The maximum atomic E-state index is 12.9. The van der Waals surface area contributed by atoms with Crippen molar-refractivity contribution >= 4 is 17.9 Å². The van der Waals surface area contributed by atoms with E-state index in [2.05, 4.69) is 118 Å². The van der Waals surface area contributed by atoms with Gasteiger partial charge in [0, 0.05) is 19.3 Å². The molecule has 0 heterocycles. The van der Waals surface area contributed by atoms with Gasteiger partial charge in [-0.05, 0) is 116 Å². The van der Waals surface area contributed by atoms with Crippen molar-refractivity contribution in [2.75, 3.05) is 13.2 Å². The Balaban J connectivity index is 4.47. The van der Waals surface area contributed by atoms with Crippen LogP contribution in [0.4, 0.5) is 0 Å². The molecule has 0 amide bonds. The van der Waals surface area contributed by atoms with Crippen molar-refractivity contribution in [3.05, 3.63) is 97.2 Å². The first-order chi connectivity index (χ1) is 36.0. The highest BCUT2D eigenvalue weighted by Crippen LogP contribution is 2.15. The molecule has 0 aromatic rings. The average Bonchev–Trinajstić information content (AvgIpc) is 3.39. The van der Waals surface area contributed by atoms with E-state index >= 15 is 0 Å². The number of esters is 3. The molecule has 6 heteroatoms. The Hall–Kier alpha value is -3.67. The minimum atomic E-state index is -0.806. The van der Waals surface area contributed by atoms with Crippen molar-refractivity contribution in [2.24, 2.45) is 0 Å². The van der Waals surface area contributed by atoms with Crippen molar-refractivity contribution in [2.45, 2.75) is 297 Å². The number of hydrogen-bond acceptors (Lipinski definition) is 6. The SMILES string of the molecule is CC/C=C\C/C=C\C/C=C\CCCCCCCCCCCC(=O)OCC(COC(=O)CCC/C=C\C/C=C\C/C=C\C/C=C\CCCCC)OC(=O)CCCCCCCCC/C=C\CCCCCCCCCC. The van der Waals surface area contributed by atoms with E-state index in [1.807, 2.05) is 0 Å². The number of carbonyl (C=O) groups excluding carboxylic acids is 3. The zero-order valence-electron chi connectivity index (χ0n) is 47.9. The molecule has 0 spiro atoms. The van der Waals surface area contributed by atoms with Crippen LogP contribution >= 0.6 is 0 Å². The lowest BCUT2D eigenvalue weighted by Gasteiger charge is -2.18. The van der Waals surface area contributed by atoms with E-state index < -0.39 is 6.10 Å². The molecule has 0 aliphatic heterocycles. The van der Waals surface area contributed by atoms with E-state index in [0.29, 0.717) is 19.3 Å². The summed E-state index contributed by atoms with van der Waals surface area (Å²) in [6.45, 7) is 6.47. The predicted octanol–water partition coefficient (Wildman–Crippen LogP) is 20.9. The normalized spacial score (nSPS) is 12.8. The Morgan fingerprint density at radius 3 is 0.932 bits per heavy atom. The quantitative estimate of drug-likeness (QED) is 0.0261. The highest BCUT2D eigenvalue weighted by molar-refractivity contribution is 5.71. The standard InChI is InChI=1S/C67H114O6/c1-4-7-10-13-16-19-22-25-28-31-33-36-39-42-45-48-51-54-57-60-66(69)72-63-64(62-71-65(68)59-56-53-50-47-44-41-38-35-30-27-24-21-18-15-12-9-6-3)73-67(70)61-58-55-52-49-46-43-40-37-34-32-29-26-23-20-17-14-11-8-5-2/h7,10,16,18-19,21,25,27-28,30,32,34,38,41,47,50,64H,4-6,8-9,11-15,17,20,22-24,26,29,31,33,35-37,39-40,42-46,48-49,51-63H2,1-3H3/b10-7-,19-16-,21-18-,28-25-,30-27-,34-32-,41-38-,50-47-. The second-order valence-corrected chi connectivity index (χ2v) is 20.2. The van der Waals surface area contributed by atoms with Gasteiger partial charge in [-0.15, -0.1) is 0 Å². The van der Waals surface area contributed by atoms with Crippen molar-refractivity contribution in [1.82, 2.24) is 0 Å². The molecule has 0 bridgehead atoms. The van der Waals surface area contributed by atoms with Gasteiger partial charge in [0.05, 0.1) is 0 Å². The van der Waals surface area contributed by atoms with Gasteiger partial charge >= 0.3 is 17.9 Å². The van der Waals surface area contributed by atoms with Crippen LogP contribution in [0.5, 0.6) is 0 Å². The van der Waals surface area contributed by atoms with E-state index in [0.717, 1.165) is 83.5 Å². The van der Waals surface area contributed by atoms with Gasteiger partial charge < -0.3 is 14.2 Å². The summed E-state index contributed by atoms with van der Waals surface area (Å²) in [5.41, 5.74) is 0. The molecule has 418 valence electrons.